The van der Waals surface area contributed by atoms with E-state index in [1.54, 1.807) is 30.2 Å². The number of fused-ring (bicyclic) bond motifs is 1. The van der Waals surface area contributed by atoms with Crippen LogP contribution in [0.2, 0.25) is 5.02 Å². The summed E-state index contributed by atoms with van der Waals surface area (Å²) in [6, 6.07) is 9.14. The Morgan fingerprint density at radius 1 is 1.24 bits per heavy atom. The van der Waals surface area contributed by atoms with Gasteiger partial charge in [-0.2, -0.15) is 0 Å². The van der Waals surface area contributed by atoms with Crippen molar-refractivity contribution in [3.05, 3.63) is 93.5 Å². The van der Waals surface area contributed by atoms with E-state index in [2.05, 4.69) is 15.3 Å². The van der Waals surface area contributed by atoms with Gasteiger partial charge >= 0.3 is 6.03 Å². The van der Waals surface area contributed by atoms with Crippen molar-refractivity contribution in [2.75, 3.05) is 6.54 Å². The average Bonchev–Trinajstić information content (AvgIpc) is 2.80. The molecule has 4 rings (SSSR count). The second kappa shape index (κ2) is 9.80. The van der Waals surface area contributed by atoms with Gasteiger partial charge < -0.3 is 15.3 Å². The summed E-state index contributed by atoms with van der Waals surface area (Å²) in [6.45, 7) is 2.30. The first-order valence-electron chi connectivity index (χ1n) is 10.6. The Morgan fingerprint density at radius 3 is 2.70 bits per heavy atom. The van der Waals surface area contributed by atoms with Crippen molar-refractivity contribution >= 4 is 17.6 Å². The van der Waals surface area contributed by atoms with E-state index in [1.165, 1.54) is 30.3 Å². The number of amides is 2. The largest absolute Gasteiger partial charge is 0.391 e. The van der Waals surface area contributed by atoms with E-state index >= 15 is 0 Å². The zero-order chi connectivity index (χ0) is 23.5. The Morgan fingerprint density at radius 2 is 2.00 bits per heavy atom. The smallest absolute Gasteiger partial charge is 0.318 e. The maximum atomic E-state index is 13.5. The highest BCUT2D eigenvalue weighted by molar-refractivity contribution is 6.30. The predicted molar refractivity (Wildman–Crippen MR) is 120 cm³/mol. The van der Waals surface area contributed by atoms with Crippen LogP contribution in [0.4, 0.5) is 13.6 Å². The van der Waals surface area contributed by atoms with E-state index in [-0.39, 0.29) is 23.4 Å². The van der Waals surface area contributed by atoms with Gasteiger partial charge in [0, 0.05) is 19.2 Å². The van der Waals surface area contributed by atoms with Gasteiger partial charge in [-0.15, -0.1) is 0 Å². The van der Waals surface area contributed by atoms with Crippen molar-refractivity contribution in [3.8, 4) is 0 Å². The lowest BCUT2D eigenvalue weighted by molar-refractivity contribution is 0.134. The highest BCUT2D eigenvalue weighted by Crippen LogP contribution is 2.24. The normalized spacial score (nSPS) is 15.0. The van der Waals surface area contributed by atoms with Crippen LogP contribution in [-0.4, -0.2) is 38.7 Å². The van der Waals surface area contributed by atoms with Crippen LogP contribution in [0, 0.1) is 11.6 Å². The summed E-state index contributed by atoms with van der Waals surface area (Å²) in [7, 11) is 0. The molecule has 0 saturated carbocycles. The van der Waals surface area contributed by atoms with Crippen molar-refractivity contribution in [2.45, 2.75) is 38.5 Å². The van der Waals surface area contributed by atoms with Crippen LogP contribution in [0.25, 0.3) is 0 Å². The molecule has 0 unspecified atom stereocenters. The molecule has 2 N–H and O–H groups in total. The van der Waals surface area contributed by atoms with E-state index in [9.17, 15) is 18.7 Å². The fourth-order valence-corrected chi connectivity index (χ4v) is 3.99. The van der Waals surface area contributed by atoms with Gasteiger partial charge in [-0.1, -0.05) is 29.8 Å². The molecule has 9 heteroatoms. The first kappa shape index (κ1) is 23.1. The lowest BCUT2D eigenvalue weighted by Crippen LogP contribution is -2.46. The van der Waals surface area contributed by atoms with Gasteiger partial charge in [0.2, 0.25) is 0 Å². The third-order valence-corrected chi connectivity index (χ3v) is 5.91. The number of aliphatic hydroxyl groups excluding tert-OH is 1. The highest BCUT2D eigenvalue weighted by Gasteiger charge is 2.27. The third kappa shape index (κ3) is 5.46. The molecule has 0 bridgehead atoms. The van der Waals surface area contributed by atoms with Gasteiger partial charge in [0.15, 0.2) is 0 Å². The topological polar surface area (TPSA) is 78.4 Å². The predicted octanol–water partition coefficient (Wildman–Crippen LogP) is 4.19. The number of aliphatic hydroxyl groups is 1. The molecular formula is C24H23ClF2N4O2. The van der Waals surface area contributed by atoms with Crippen LogP contribution in [-0.2, 0) is 19.4 Å². The highest BCUT2D eigenvalue weighted by atomic mass is 35.5. The Kier molecular flexibility index (Phi) is 6.85. The number of benzene rings is 2. The summed E-state index contributed by atoms with van der Waals surface area (Å²) >= 11 is 5.87. The number of halogens is 3. The number of rotatable bonds is 5. The number of hydrogen-bond acceptors (Lipinski definition) is 4. The zero-order valence-corrected chi connectivity index (χ0v) is 18.7. The standard InChI is InChI=1S/C24H23ClF2N4O2/c1-14(32)23(16-4-7-20(27)19(25)11-16)30-24(33)31-9-8-17-12-28-22(29-21(17)13-31)10-15-2-5-18(26)6-3-15/h2-7,11-12,14,23,32H,8-10,13H2,1H3,(H,30,33)/t14-,23+/m0/s1. The number of nitrogens with zero attached hydrogens (tertiary/aromatic N) is 3. The number of carbonyl (C=O) groups is 1. The van der Waals surface area contributed by atoms with E-state index < -0.39 is 18.0 Å². The van der Waals surface area contributed by atoms with Crippen molar-refractivity contribution in [1.82, 2.24) is 20.2 Å². The number of hydrogen-bond donors (Lipinski definition) is 2. The van der Waals surface area contributed by atoms with Gasteiger partial charge in [0.1, 0.15) is 17.5 Å². The van der Waals surface area contributed by atoms with Gasteiger partial charge in [-0.3, -0.25) is 0 Å². The average molecular weight is 473 g/mol. The summed E-state index contributed by atoms with van der Waals surface area (Å²) in [5, 5.41) is 12.9. The van der Waals surface area contributed by atoms with Crippen molar-refractivity contribution in [3.63, 3.8) is 0 Å². The Hall–Kier alpha value is -3.10. The lowest BCUT2D eigenvalue weighted by Gasteiger charge is -2.31. The third-order valence-electron chi connectivity index (χ3n) is 5.62. The van der Waals surface area contributed by atoms with Crippen LogP contribution >= 0.6 is 11.6 Å². The molecule has 0 saturated heterocycles. The van der Waals surface area contributed by atoms with Crippen LogP contribution in [0.1, 0.15) is 41.2 Å². The molecule has 33 heavy (non-hydrogen) atoms. The minimum Gasteiger partial charge on any atom is -0.391 e. The monoisotopic (exact) mass is 472 g/mol. The summed E-state index contributed by atoms with van der Waals surface area (Å²) in [4.78, 5) is 23.6. The molecule has 1 aliphatic rings. The molecule has 6 nitrogen and oxygen atoms in total. The first-order chi connectivity index (χ1) is 15.8. The number of nitrogens with one attached hydrogen (secondary N) is 1. The second-order valence-corrected chi connectivity index (χ2v) is 8.48. The minimum absolute atomic E-state index is 0.0790. The Labute approximate surface area is 195 Å². The molecule has 0 spiro atoms. The van der Waals surface area contributed by atoms with Crippen molar-refractivity contribution in [1.29, 1.82) is 0 Å². The van der Waals surface area contributed by atoms with Crippen LogP contribution in [0.15, 0.2) is 48.7 Å². The molecule has 172 valence electrons. The Bertz CT molecular complexity index is 1160. The molecule has 3 aromatic rings. The van der Waals surface area contributed by atoms with E-state index in [1.807, 2.05) is 0 Å². The maximum absolute atomic E-state index is 13.5. The summed E-state index contributed by atoms with van der Waals surface area (Å²) in [5.41, 5.74) is 3.12. The molecule has 1 aromatic heterocycles. The van der Waals surface area contributed by atoms with Gasteiger partial charge in [-0.25, -0.2) is 23.5 Å². The quantitative estimate of drug-likeness (QED) is 0.583. The fourth-order valence-electron chi connectivity index (χ4n) is 3.80. The number of carbonyl (C=O) groups excluding carboxylic acids is 1. The second-order valence-electron chi connectivity index (χ2n) is 8.07. The molecule has 0 aliphatic carbocycles. The van der Waals surface area contributed by atoms with Gasteiger partial charge in [0.25, 0.3) is 0 Å². The van der Waals surface area contributed by atoms with Crippen LogP contribution in [0.5, 0.6) is 0 Å². The molecule has 1 aliphatic heterocycles. The van der Waals surface area contributed by atoms with E-state index in [0.717, 1.165) is 16.8 Å². The Balaban J connectivity index is 1.47. The van der Waals surface area contributed by atoms with Crippen LogP contribution < -0.4 is 5.32 Å². The molecule has 2 aromatic carbocycles. The summed E-state index contributed by atoms with van der Waals surface area (Å²) < 4.78 is 26.7. The van der Waals surface area contributed by atoms with E-state index in [0.29, 0.717) is 30.8 Å². The minimum atomic E-state index is -0.919. The molecule has 0 radical (unpaired) electrons. The molecule has 0 fully saturated rings. The summed E-state index contributed by atoms with van der Waals surface area (Å²) in [5.74, 6) is -0.282. The molecule has 2 atom stereocenters. The number of urea groups is 1. The van der Waals surface area contributed by atoms with Crippen molar-refractivity contribution in [2.24, 2.45) is 0 Å². The zero-order valence-electron chi connectivity index (χ0n) is 17.9. The molecule has 2 heterocycles. The van der Waals surface area contributed by atoms with Crippen molar-refractivity contribution < 1.29 is 18.7 Å². The number of aromatic nitrogens is 2. The maximum Gasteiger partial charge on any atom is 0.318 e. The summed E-state index contributed by atoms with van der Waals surface area (Å²) in [6.07, 6.45) is 1.91. The van der Waals surface area contributed by atoms with Crippen LogP contribution in [0.3, 0.4) is 0 Å². The molecule has 2 amide bonds. The lowest BCUT2D eigenvalue weighted by atomic mass is 10.0. The first-order valence-corrected chi connectivity index (χ1v) is 10.9. The van der Waals surface area contributed by atoms with E-state index in [4.69, 9.17) is 11.6 Å². The fraction of sp³-hybridized carbons (Fsp3) is 0.292. The SMILES string of the molecule is C[C@H](O)[C@@H](NC(=O)N1CCc2cnc(Cc3ccc(F)cc3)nc2C1)c1ccc(F)c(Cl)c1. The molecular weight excluding hydrogens is 450 g/mol. The van der Waals surface area contributed by atoms with Gasteiger partial charge in [-0.05, 0) is 54.3 Å². The van der Waals surface area contributed by atoms with Gasteiger partial charge in [0.05, 0.1) is 29.4 Å².